The van der Waals surface area contributed by atoms with E-state index in [0.29, 0.717) is 6.54 Å². The third-order valence-electron chi connectivity index (χ3n) is 2.87. The molecule has 0 atom stereocenters. The van der Waals surface area contributed by atoms with Gasteiger partial charge in [-0.3, -0.25) is 4.79 Å². The Bertz CT molecular complexity index is 404. The first-order valence-electron chi connectivity index (χ1n) is 5.68. The first-order chi connectivity index (χ1) is 7.93. The van der Waals surface area contributed by atoms with Crippen LogP contribution in [0.4, 0.5) is 5.69 Å². The number of halogens is 1. The summed E-state index contributed by atoms with van der Waals surface area (Å²) in [6.45, 7) is 6.42. The van der Waals surface area contributed by atoms with Crippen LogP contribution >= 0.6 is 22.6 Å². The van der Waals surface area contributed by atoms with E-state index in [0.717, 1.165) is 5.69 Å². The molecule has 0 unspecified atom stereocenters. The molecule has 0 aliphatic carbocycles. The maximum Gasteiger partial charge on any atom is 0.241 e. The standard InChI is InChI=1S/C13H19IN2O/c1-9(2)16(4)13(17)8-15-12-7-5-6-11(14)10(12)3/h5-7,9,15H,8H2,1-4H3. The van der Waals surface area contributed by atoms with Crippen molar-refractivity contribution >= 4 is 34.2 Å². The molecule has 0 aliphatic heterocycles. The molecule has 0 saturated heterocycles. The highest BCUT2D eigenvalue weighted by atomic mass is 127. The third-order valence-corrected chi connectivity index (χ3v) is 4.03. The number of nitrogens with zero attached hydrogens (tertiary/aromatic N) is 1. The van der Waals surface area contributed by atoms with Gasteiger partial charge in [-0.15, -0.1) is 0 Å². The summed E-state index contributed by atoms with van der Waals surface area (Å²) in [5.74, 6) is 0.110. The summed E-state index contributed by atoms with van der Waals surface area (Å²) in [5.41, 5.74) is 2.22. The summed E-state index contributed by atoms with van der Waals surface area (Å²) in [5, 5.41) is 3.19. The Hall–Kier alpha value is -0.780. The number of benzene rings is 1. The van der Waals surface area contributed by atoms with E-state index in [9.17, 15) is 4.79 Å². The Kier molecular flexibility index (Phi) is 5.24. The minimum atomic E-state index is 0.110. The SMILES string of the molecule is Cc1c(I)cccc1NCC(=O)N(C)C(C)C. The van der Waals surface area contributed by atoms with Crippen LogP contribution in [0, 0.1) is 10.5 Å². The van der Waals surface area contributed by atoms with Crippen molar-refractivity contribution in [3.63, 3.8) is 0 Å². The Morgan fingerprint density at radius 2 is 2.12 bits per heavy atom. The number of carbonyl (C=O) groups is 1. The lowest BCUT2D eigenvalue weighted by molar-refractivity contribution is -0.129. The minimum absolute atomic E-state index is 0.110. The minimum Gasteiger partial charge on any atom is -0.376 e. The van der Waals surface area contributed by atoms with Gasteiger partial charge < -0.3 is 10.2 Å². The summed E-state index contributed by atoms with van der Waals surface area (Å²) >= 11 is 2.30. The monoisotopic (exact) mass is 346 g/mol. The predicted molar refractivity (Wildman–Crippen MR) is 80.3 cm³/mol. The number of nitrogens with one attached hydrogen (secondary N) is 1. The van der Waals surface area contributed by atoms with Gasteiger partial charge in [0, 0.05) is 22.3 Å². The third kappa shape index (κ3) is 3.87. The molecule has 3 nitrogen and oxygen atoms in total. The van der Waals surface area contributed by atoms with Crippen LogP contribution in [0.2, 0.25) is 0 Å². The molecule has 1 aromatic carbocycles. The van der Waals surface area contributed by atoms with Crippen molar-refractivity contribution in [2.75, 3.05) is 18.9 Å². The fraction of sp³-hybridized carbons (Fsp3) is 0.462. The van der Waals surface area contributed by atoms with E-state index in [1.807, 2.05) is 33.0 Å². The van der Waals surface area contributed by atoms with Gasteiger partial charge in [-0.05, 0) is 61.1 Å². The lowest BCUT2D eigenvalue weighted by Crippen LogP contribution is -2.37. The van der Waals surface area contributed by atoms with Crippen molar-refractivity contribution in [2.24, 2.45) is 0 Å². The quantitative estimate of drug-likeness (QED) is 0.851. The van der Waals surface area contributed by atoms with Crippen molar-refractivity contribution in [1.29, 1.82) is 0 Å². The predicted octanol–water partition coefficient (Wildman–Crippen LogP) is 2.88. The molecule has 94 valence electrons. The maximum absolute atomic E-state index is 11.8. The fourth-order valence-electron chi connectivity index (χ4n) is 1.38. The molecule has 1 amide bonds. The van der Waals surface area contributed by atoms with E-state index in [1.165, 1.54) is 9.13 Å². The lowest BCUT2D eigenvalue weighted by atomic mass is 10.2. The van der Waals surface area contributed by atoms with Gasteiger partial charge in [-0.1, -0.05) is 6.07 Å². The van der Waals surface area contributed by atoms with Crippen LogP contribution in [0.15, 0.2) is 18.2 Å². The van der Waals surface area contributed by atoms with Gasteiger partial charge in [0.05, 0.1) is 6.54 Å². The highest BCUT2D eigenvalue weighted by Gasteiger charge is 2.11. The molecule has 0 aromatic heterocycles. The van der Waals surface area contributed by atoms with Crippen LogP contribution in [0.3, 0.4) is 0 Å². The van der Waals surface area contributed by atoms with Crippen LogP contribution in [0.1, 0.15) is 19.4 Å². The average Bonchev–Trinajstić information content (AvgIpc) is 2.29. The molecule has 4 heteroatoms. The molecule has 1 rings (SSSR count). The number of amides is 1. The Labute approximate surface area is 117 Å². The maximum atomic E-state index is 11.8. The van der Waals surface area contributed by atoms with Gasteiger partial charge in [0.15, 0.2) is 0 Å². The number of hydrogen-bond acceptors (Lipinski definition) is 2. The summed E-state index contributed by atoms with van der Waals surface area (Å²) in [6.07, 6.45) is 0. The zero-order valence-corrected chi connectivity index (χ0v) is 12.9. The molecular formula is C13H19IN2O. The van der Waals surface area contributed by atoms with Gasteiger partial charge >= 0.3 is 0 Å². The van der Waals surface area contributed by atoms with Gasteiger partial charge in [-0.25, -0.2) is 0 Å². The smallest absolute Gasteiger partial charge is 0.241 e. The van der Waals surface area contributed by atoms with E-state index >= 15 is 0 Å². The molecule has 0 saturated carbocycles. The molecule has 1 aromatic rings. The second-order valence-corrected chi connectivity index (χ2v) is 5.53. The zero-order valence-electron chi connectivity index (χ0n) is 10.7. The summed E-state index contributed by atoms with van der Waals surface area (Å²) < 4.78 is 1.21. The fourth-order valence-corrected chi connectivity index (χ4v) is 1.88. The van der Waals surface area contributed by atoms with Crippen LogP contribution in [0.25, 0.3) is 0 Å². The van der Waals surface area contributed by atoms with Crippen LogP contribution in [-0.4, -0.2) is 30.4 Å². The Morgan fingerprint density at radius 3 is 2.71 bits per heavy atom. The molecule has 17 heavy (non-hydrogen) atoms. The number of likely N-dealkylation sites (N-methyl/N-ethyl adjacent to an activating group) is 1. The van der Waals surface area contributed by atoms with Crippen molar-refractivity contribution in [2.45, 2.75) is 26.8 Å². The molecular weight excluding hydrogens is 327 g/mol. The van der Waals surface area contributed by atoms with Gasteiger partial charge in [-0.2, -0.15) is 0 Å². The largest absolute Gasteiger partial charge is 0.376 e. The van der Waals surface area contributed by atoms with Gasteiger partial charge in [0.1, 0.15) is 0 Å². The summed E-state index contributed by atoms with van der Waals surface area (Å²) in [6, 6.07) is 6.29. The van der Waals surface area contributed by atoms with Crippen molar-refractivity contribution in [1.82, 2.24) is 4.90 Å². The average molecular weight is 346 g/mol. The van der Waals surface area contributed by atoms with Gasteiger partial charge in [0.25, 0.3) is 0 Å². The molecule has 0 spiro atoms. The molecule has 0 fully saturated rings. The molecule has 0 heterocycles. The number of hydrogen-bond donors (Lipinski definition) is 1. The van der Waals surface area contributed by atoms with Crippen molar-refractivity contribution in [3.8, 4) is 0 Å². The van der Waals surface area contributed by atoms with Crippen molar-refractivity contribution < 1.29 is 4.79 Å². The Balaban J connectivity index is 2.62. The van der Waals surface area contributed by atoms with Gasteiger partial charge in [0.2, 0.25) is 5.91 Å². The van der Waals surface area contributed by atoms with E-state index in [4.69, 9.17) is 0 Å². The highest BCUT2D eigenvalue weighted by Crippen LogP contribution is 2.20. The highest BCUT2D eigenvalue weighted by molar-refractivity contribution is 14.1. The number of anilines is 1. The lowest BCUT2D eigenvalue weighted by Gasteiger charge is -2.22. The van der Waals surface area contributed by atoms with E-state index in [2.05, 4.69) is 40.9 Å². The van der Waals surface area contributed by atoms with E-state index in [1.54, 1.807) is 4.90 Å². The second-order valence-electron chi connectivity index (χ2n) is 4.36. The first-order valence-corrected chi connectivity index (χ1v) is 6.76. The van der Waals surface area contributed by atoms with E-state index in [-0.39, 0.29) is 11.9 Å². The molecule has 0 aliphatic rings. The normalized spacial score (nSPS) is 10.5. The summed E-state index contributed by atoms with van der Waals surface area (Å²) in [4.78, 5) is 13.6. The second kappa shape index (κ2) is 6.23. The number of rotatable bonds is 4. The summed E-state index contributed by atoms with van der Waals surface area (Å²) in [7, 11) is 1.83. The number of carbonyl (C=O) groups excluding carboxylic acids is 1. The van der Waals surface area contributed by atoms with Crippen molar-refractivity contribution in [3.05, 3.63) is 27.3 Å². The van der Waals surface area contributed by atoms with Crippen LogP contribution in [-0.2, 0) is 4.79 Å². The molecule has 1 N–H and O–H groups in total. The van der Waals surface area contributed by atoms with Crippen LogP contribution in [0.5, 0.6) is 0 Å². The molecule has 0 radical (unpaired) electrons. The van der Waals surface area contributed by atoms with E-state index < -0.39 is 0 Å². The molecule has 0 bridgehead atoms. The Morgan fingerprint density at radius 1 is 1.47 bits per heavy atom. The first kappa shape index (κ1) is 14.3. The van der Waals surface area contributed by atoms with Crippen LogP contribution < -0.4 is 5.32 Å². The topological polar surface area (TPSA) is 32.3 Å². The zero-order chi connectivity index (χ0) is 13.0.